The van der Waals surface area contributed by atoms with Crippen molar-refractivity contribution in [2.45, 2.75) is 41.5 Å². The fourth-order valence-electron chi connectivity index (χ4n) is 6.21. The predicted octanol–water partition coefficient (Wildman–Crippen LogP) is 9.27. The molecule has 5 nitrogen and oxygen atoms in total. The number of pyridine rings is 1. The fourth-order valence-corrected chi connectivity index (χ4v) is 6.21. The Bertz CT molecular complexity index is 2170. The van der Waals surface area contributed by atoms with Crippen LogP contribution < -0.4 is 4.74 Å². The quantitative estimate of drug-likeness (QED) is 0.165. The van der Waals surface area contributed by atoms with Crippen molar-refractivity contribution in [3.05, 3.63) is 131 Å². The molecule has 7 aromatic rings. The van der Waals surface area contributed by atoms with E-state index in [1.807, 2.05) is 29.1 Å². The Labute approximate surface area is 272 Å². The van der Waals surface area contributed by atoms with Gasteiger partial charge in [0.1, 0.15) is 5.82 Å². The maximum Gasteiger partial charge on any atom is 2.00 e. The number of hydrogen-bond acceptors (Lipinski definition) is 3. The Hall–Kier alpha value is -4.47. The molecule has 0 amide bonds. The molecule has 44 heavy (non-hydrogen) atoms. The van der Waals surface area contributed by atoms with Gasteiger partial charge < -0.3 is 9.30 Å². The van der Waals surface area contributed by atoms with Crippen molar-refractivity contribution >= 4 is 21.8 Å². The number of hydrogen-bond donors (Lipinski definition) is 0. The summed E-state index contributed by atoms with van der Waals surface area (Å²) in [6.07, 6.45) is 1.85. The van der Waals surface area contributed by atoms with Gasteiger partial charge in [-0.3, -0.25) is 4.68 Å². The Balaban J connectivity index is 0.00000343. The van der Waals surface area contributed by atoms with Crippen molar-refractivity contribution in [1.29, 1.82) is 0 Å². The summed E-state index contributed by atoms with van der Waals surface area (Å²) in [5.41, 5.74) is 12.0. The van der Waals surface area contributed by atoms with Crippen LogP contribution in [0.15, 0.2) is 85.1 Å². The molecule has 0 saturated heterocycles. The summed E-state index contributed by atoms with van der Waals surface area (Å²) in [5, 5.41) is 7.21. The van der Waals surface area contributed by atoms with E-state index in [-0.39, 0.29) is 21.1 Å². The van der Waals surface area contributed by atoms with Gasteiger partial charge in [0.15, 0.2) is 0 Å². The van der Waals surface area contributed by atoms with Gasteiger partial charge in [-0.15, -0.1) is 35.7 Å². The first-order valence-corrected chi connectivity index (χ1v) is 14.5. The van der Waals surface area contributed by atoms with Gasteiger partial charge in [-0.2, -0.15) is 16.7 Å². The average molecular weight is 756 g/mol. The first-order chi connectivity index (χ1) is 20.8. The van der Waals surface area contributed by atoms with Crippen molar-refractivity contribution in [3.8, 4) is 34.1 Å². The maximum atomic E-state index is 6.45. The summed E-state index contributed by atoms with van der Waals surface area (Å²) in [4.78, 5) is 4.69. The van der Waals surface area contributed by atoms with Gasteiger partial charge >= 0.3 is 21.1 Å². The molecule has 0 radical (unpaired) electrons. The van der Waals surface area contributed by atoms with Gasteiger partial charge in [0.25, 0.3) is 0 Å². The number of aryl methyl sites for hydroxylation is 5. The molecule has 0 aliphatic carbocycles. The van der Waals surface area contributed by atoms with Crippen LogP contribution >= 0.6 is 0 Å². The normalized spacial score (nSPS) is 11.2. The third kappa shape index (κ3) is 5.06. The summed E-state index contributed by atoms with van der Waals surface area (Å²) in [6.45, 7) is 12.7. The van der Waals surface area contributed by atoms with Crippen LogP contribution in [-0.2, 0) is 21.1 Å². The van der Waals surface area contributed by atoms with Crippen LogP contribution in [0.4, 0.5) is 0 Å². The zero-order valence-electron chi connectivity index (χ0n) is 25.6. The second-order valence-electron chi connectivity index (χ2n) is 11.4. The summed E-state index contributed by atoms with van der Waals surface area (Å²) < 4.78 is 10.6. The largest absolute Gasteiger partial charge is 2.00 e. The van der Waals surface area contributed by atoms with Crippen molar-refractivity contribution in [1.82, 2.24) is 19.3 Å². The Morgan fingerprint density at radius 1 is 0.682 bits per heavy atom. The molecule has 0 unspecified atom stereocenters. The van der Waals surface area contributed by atoms with Crippen LogP contribution in [0.3, 0.4) is 0 Å². The van der Waals surface area contributed by atoms with E-state index >= 15 is 0 Å². The summed E-state index contributed by atoms with van der Waals surface area (Å²) in [5.74, 6) is 2.08. The molecule has 3 heterocycles. The molecule has 0 saturated carbocycles. The van der Waals surface area contributed by atoms with E-state index in [1.165, 1.54) is 22.3 Å². The molecule has 7 rings (SSSR count). The molecule has 0 atom stereocenters. The smallest absolute Gasteiger partial charge is 0.509 e. The molecule has 0 spiro atoms. The Morgan fingerprint density at radius 2 is 1.45 bits per heavy atom. The number of para-hydroxylation sites is 1. The SMILES string of the molecule is Cc1cc(Oc2[c-]c3c(cc2)c2ccccc2n3-c2cc(C)ccn2)[c-]c(-n2nc(C)c(-c3c(C)cccc3C)c2C)c1.[Pt+2]. The number of ether oxygens (including phenoxy) is 1. The third-order valence-electron chi connectivity index (χ3n) is 8.13. The van der Waals surface area contributed by atoms with Crippen LogP contribution in [0.5, 0.6) is 11.5 Å². The molecule has 0 aliphatic rings. The zero-order valence-corrected chi connectivity index (χ0v) is 27.9. The molecule has 0 bridgehead atoms. The molecule has 4 aromatic carbocycles. The van der Waals surface area contributed by atoms with Crippen LogP contribution in [0.1, 0.15) is 33.6 Å². The van der Waals surface area contributed by atoms with Crippen molar-refractivity contribution in [3.63, 3.8) is 0 Å². The van der Waals surface area contributed by atoms with Gasteiger partial charge in [0, 0.05) is 34.5 Å². The van der Waals surface area contributed by atoms with Gasteiger partial charge in [-0.1, -0.05) is 48.8 Å². The minimum Gasteiger partial charge on any atom is -0.509 e. The monoisotopic (exact) mass is 755 g/mol. The van der Waals surface area contributed by atoms with Gasteiger partial charge in [-0.05, 0) is 86.1 Å². The number of fused-ring (bicyclic) bond motifs is 3. The Morgan fingerprint density at radius 3 is 2.23 bits per heavy atom. The van der Waals surface area contributed by atoms with Crippen LogP contribution in [0.25, 0.3) is 44.4 Å². The first kappa shape index (κ1) is 29.6. The summed E-state index contributed by atoms with van der Waals surface area (Å²) in [6, 6.07) is 34.1. The minimum atomic E-state index is 0. The third-order valence-corrected chi connectivity index (χ3v) is 8.13. The molecular formula is C38H32N4OPt. The van der Waals surface area contributed by atoms with Crippen LogP contribution in [-0.4, -0.2) is 19.3 Å². The molecule has 0 aliphatic heterocycles. The number of benzene rings is 4. The van der Waals surface area contributed by atoms with E-state index in [9.17, 15) is 0 Å². The molecule has 6 heteroatoms. The molecular weight excluding hydrogens is 724 g/mol. The van der Waals surface area contributed by atoms with Gasteiger partial charge in [0.05, 0.1) is 5.69 Å². The van der Waals surface area contributed by atoms with Crippen LogP contribution in [0, 0.1) is 53.7 Å². The van der Waals surface area contributed by atoms with E-state index in [4.69, 9.17) is 9.84 Å². The minimum absolute atomic E-state index is 0. The second-order valence-corrected chi connectivity index (χ2v) is 11.4. The molecule has 0 N–H and O–H groups in total. The Kier molecular flexibility index (Phi) is 7.77. The average Bonchev–Trinajstić information content (AvgIpc) is 3.46. The number of nitrogens with zero attached hydrogens (tertiary/aromatic N) is 4. The second kappa shape index (κ2) is 11.6. The predicted molar refractivity (Wildman–Crippen MR) is 174 cm³/mol. The van der Waals surface area contributed by atoms with Crippen molar-refractivity contribution in [2.75, 3.05) is 0 Å². The van der Waals surface area contributed by atoms with E-state index in [2.05, 4.69) is 124 Å². The molecule has 3 aromatic heterocycles. The number of rotatable bonds is 5. The van der Waals surface area contributed by atoms with E-state index < -0.39 is 0 Å². The van der Waals surface area contributed by atoms with Crippen molar-refractivity contribution in [2.24, 2.45) is 0 Å². The topological polar surface area (TPSA) is 44.9 Å². The summed E-state index contributed by atoms with van der Waals surface area (Å²) >= 11 is 0. The molecule has 220 valence electrons. The summed E-state index contributed by atoms with van der Waals surface area (Å²) in [7, 11) is 0. The van der Waals surface area contributed by atoms with Gasteiger partial charge in [-0.25, -0.2) is 4.98 Å². The van der Waals surface area contributed by atoms with E-state index in [0.717, 1.165) is 55.8 Å². The first-order valence-electron chi connectivity index (χ1n) is 14.5. The fraction of sp³-hybridized carbons (Fsp3) is 0.158. The standard InChI is InChI=1S/C38H32N4O.Pt/c1-23-16-17-39-36(20-23)41-34-13-8-7-12-32(34)33-15-14-30(22-35(33)41)43-31-19-24(2)18-29(21-31)42-28(6)38(27(5)40-42)37-25(3)10-9-11-26(37)4;/h7-20H,1-6H3;/q-2;+2. The van der Waals surface area contributed by atoms with E-state index in [1.54, 1.807) is 0 Å². The zero-order chi connectivity index (χ0) is 29.8. The maximum absolute atomic E-state index is 6.45. The van der Waals surface area contributed by atoms with E-state index in [0.29, 0.717) is 11.5 Å². The number of aromatic nitrogens is 4. The van der Waals surface area contributed by atoms with Crippen molar-refractivity contribution < 1.29 is 25.8 Å². The van der Waals surface area contributed by atoms with Crippen LogP contribution in [0.2, 0.25) is 0 Å². The van der Waals surface area contributed by atoms with Gasteiger partial charge in [0.2, 0.25) is 0 Å². The molecule has 0 fully saturated rings.